The molecule has 0 saturated carbocycles. The molecule has 3 amide bonds. The molecule has 6 heteroatoms. The van der Waals surface area contributed by atoms with Crippen LogP contribution in [0.2, 0.25) is 0 Å². The van der Waals surface area contributed by atoms with Crippen LogP contribution in [0, 0.1) is 5.92 Å². The molecule has 0 aromatic heterocycles. The van der Waals surface area contributed by atoms with E-state index in [1.54, 1.807) is 24.3 Å². The van der Waals surface area contributed by atoms with Gasteiger partial charge < -0.3 is 21.3 Å². The van der Waals surface area contributed by atoms with Crippen LogP contribution in [0.25, 0.3) is 0 Å². The summed E-state index contributed by atoms with van der Waals surface area (Å²) in [7, 11) is 0. The van der Waals surface area contributed by atoms with E-state index in [4.69, 9.17) is 0 Å². The Morgan fingerprint density at radius 3 is 2.87 bits per heavy atom. The molecule has 1 saturated heterocycles. The minimum Gasteiger partial charge on any atom is -0.352 e. The Labute approximate surface area is 137 Å². The minimum absolute atomic E-state index is 0.0607. The molecule has 0 radical (unpaired) electrons. The molecular weight excluding hydrogens is 292 g/mol. The molecule has 23 heavy (non-hydrogen) atoms. The quantitative estimate of drug-likeness (QED) is 0.670. The van der Waals surface area contributed by atoms with E-state index in [0.717, 1.165) is 25.9 Å². The number of carbonyl (C=O) groups excluding carboxylic acids is 2. The molecule has 1 aliphatic rings. The minimum atomic E-state index is -0.272. The Morgan fingerprint density at radius 1 is 1.35 bits per heavy atom. The third kappa shape index (κ3) is 5.90. The number of urea groups is 1. The van der Waals surface area contributed by atoms with Crippen LogP contribution in [0.5, 0.6) is 0 Å². The monoisotopic (exact) mass is 318 g/mol. The van der Waals surface area contributed by atoms with Crippen molar-refractivity contribution in [2.45, 2.75) is 32.7 Å². The third-order valence-electron chi connectivity index (χ3n) is 3.75. The number of hydrogen-bond donors (Lipinski definition) is 4. The van der Waals surface area contributed by atoms with Gasteiger partial charge in [-0.15, -0.1) is 0 Å². The first kappa shape index (κ1) is 17.3. The zero-order valence-corrected chi connectivity index (χ0v) is 13.8. The van der Waals surface area contributed by atoms with Crippen molar-refractivity contribution in [2.75, 3.05) is 25.0 Å². The average Bonchev–Trinajstić information content (AvgIpc) is 2.53. The van der Waals surface area contributed by atoms with E-state index in [1.165, 1.54) is 0 Å². The summed E-state index contributed by atoms with van der Waals surface area (Å²) in [5.74, 6) is 0.384. The van der Waals surface area contributed by atoms with Crippen LogP contribution in [0.4, 0.5) is 10.5 Å². The Kier molecular flexibility index (Phi) is 6.40. The van der Waals surface area contributed by atoms with E-state index in [-0.39, 0.29) is 18.0 Å². The van der Waals surface area contributed by atoms with Crippen LogP contribution < -0.4 is 21.3 Å². The van der Waals surface area contributed by atoms with Crippen LogP contribution in [0.1, 0.15) is 37.0 Å². The smallest absolute Gasteiger partial charge is 0.319 e. The lowest BCUT2D eigenvalue weighted by Gasteiger charge is -2.22. The summed E-state index contributed by atoms with van der Waals surface area (Å²) in [4.78, 5) is 23.9. The van der Waals surface area contributed by atoms with Gasteiger partial charge in [0.25, 0.3) is 5.91 Å². The highest BCUT2D eigenvalue weighted by Crippen LogP contribution is 2.12. The van der Waals surface area contributed by atoms with Gasteiger partial charge in [0.1, 0.15) is 0 Å². The van der Waals surface area contributed by atoms with Crippen LogP contribution in [0.3, 0.4) is 0 Å². The molecule has 1 aliphatic heterocycles. The largest absolute Gasteiger partial charge is 0.352 e. The molecule has 1 atom stereocenters. The molecule has 1 unspecified atom stereocenters. The zero-order chi connectivity index (χ0) is 16.7. The van der Waals surface area contributed by atoms with Gasteiger partial charge in [-0.1, -0.05) is 6.07 Å². The lowest BCUT2D eigenvalue weighted by Crippen LogP contribution is -2.38. The SMILES string of the molecule is CC(C)NC(=O)Nc1cccc(C(=O)NCC2CCCNC2)c1. The second kappa shape index (κ2) is 8.53. The predicted molar refractivity (Wildman–Crippen MR) is 91.7 cm³/mol. The average molecular weight is 318 g/mol. The molecule has 1 aromatic rings. The highest BCUT2D eigenvalue weighted by atomic mass is 16.2. The van der Waals surface area contributed by atoms with Crippen molar-refractivity contribution in [2.24, 2.45) is 5.92 Å². The third-order valence-corrected chi connectivity index (χ3v) is 3.75. The van der Waals surface area contributed by atoms with E-state index in [0.29, 0.717) is 23.7 Å². The first-order chi connectivity index (χ1) is 11.0. The van der Waals surface area contributed by atoms with E-state index < -0.39 is 0 Å². The Balaban J connectivity index is 1.87. The number of amides is 3. The van der Waals surface area contributed by atoms with Gasteiger partial charge in [0.2, 0.25) is 0 Å². The number of benzene rings is 1. The summed E-state index contributed by atoms with van der Waals surface area (Å²) in [6.07, 6.45) is 2.30. The highest BCUT2D eigenvalue weighted by molar-refractivity contribution is 5.96. The van der Waals surface area contributed by atoms with Crippen LogP contribution >= 0.6 is 0 Å². The van der Waals surface area contributed by atoms with Gasteiger partial charge in [-0.05, 0) is 63.9 Å². The Hall–Kier alpha value is -2.08. The van der Waals surface area contributed by atoms with Crippen LogP contribution in [-0.4, -0.2) is 37.6 Å². The van der Waals surface area contributed by atoms with Crippen molar-refractivity contribution < 1.29 is 9.59 Å². The Morgan fingerprint density at radius 2 is 2.17 bits per heavy atom. The summed E-state index contributed by atoms with van der Waals surface area (Å²) in [6, 6.07) is 6.76. The number of rotatable bonds is 5. The predicted octanol–water partition coefficient (Wildman–Crippen LogP) is 1.95. The van der Waals surface area contributed by atoms with Crippen molar-refractivity contribution in [1.29, 1.82) is 0 Å². The lowest BCUT2D eigenvalue weighted by atomic mass is 9.99. The van der Waals surface area contributed by atoms with E-state index >= 15 is 0 Å². The normalized spacial score (nSPS) is 17.6. The molecule has 4 N–H and O–H groups in total. The first-order valence-electron chi connectivity index (χ1n) is 8.21. The van der Waals surface area contributed by atoms with Crippen LogP contribution in [0.15, 0.2) is 24.3 Å². The van der Waals surface area contributed by atoms with Gasteiger partial charge in [0.05, 0.1) is 0 Å². The maximum atomic E-state index is 12.2. The summed E-state index contributed by atoms with van der Waals surface area (Å²) < 4.78 is 0. The second-order valence-corrected chi connectivity index (χ2v) is 6.26. The van der Waals surface area contributed by atoms with E-state index in [2.05, 4.69) is 21.3 Å². The molecular formula is C17H26N4O2. The van der Waals surface area contributed by atoms with Crippen molar-refractivity contribution in [3.8, 4) is 0 Å². The maximum Gasteiger partial charge on any atom is 0.319 e. The zero-order valence-electron chi connectivity index (χ0n) is 13.8. The number of nitrogens with one attached hydrogen (secondary N) is 4. The van der Waals surface area contributed by atoms with Crippen molar-refractivity contribution >= 4 is 17.6 Å². The number of piperidine rings is 1. The topological polar surface area (TPSA) is 82.3 Å². The summed E-state index contributed by atoms with van der Waals surface area (Å²) in [6.45, 7) is 6.48. The van der Waals surface area contributed by atoms with Gasteiger partial charge in [-0.3, -0.25) is 4.79 Å². The van der Waals surface area contributed by atoms with Crippen molar-refractivity contribution in [3.63, 3.8) is 0 Å². The molecule has 0 spiro atoms. The van der Waals surface area contributed by atoms with Gasteiger partial charge >= 0.3 is 6.03 Å². The fourth-order valence-electron chi connectivity index (χ4n) is 2.60. The summed E-state index contributed by atoms with van der Waals surface area (Å²) in [5, 5.41) is 11.8. The standard InChI is InChI=1S/C17H26N4O2/c1-12(2)20-17(23)21-15-7-3-6-14(9-15)16(22)19-11-13-5-4-8-18-10-13/h3,6-7,9,12-13,18H,4-5,8,10-11H2,1-2H3,(H,19,22)(H2,20,21,23). The number of hydrogen-bond acceptors (Lipinski definition) is 3. The van der Waals surface area contributed by atoms with Gasteiger partial charge in [0.15, 0.2) is 0 Å². The van der Waals surface area contributed by atoms with Gasteiger partial charge in [-0.2, -0.15) is 0 Å². The second-order valence-electron chi connectivity index (χ2n) is 6.26. The summed E-state index contributed by atoms with van der Waals surface area (Å²) >= 11 is 0. The lowest BCUT2D eigenvalue weighted by molar-refractivity contribution is 0.0945. The molecule has 6 nitrogen and oxygen atoms in total. The van der Waals surface area contributed by atoms with Crippen molar-refractivity contribution in [1.82, 2.24) is 16.0 Å². The fourth-order valence-corrected chi connectivity index (χ4v) is 2.60. The summed E-state index contributed by atoms with van der Waals surface area (Å²) in [5.41, 5.74) is 1.16. The molecule has 2 rings (SSSR count). The molecule has 1 heterocycles. The maximum absolute atomic E-state index is 12.2. The van der Waals surface area contributed by atoms with E-state index in [1.807, 2.05) is 13.8 Å². The molecule has 1 fully saturated rings. The molecule has 0 aliphatic carbocycles. The van der Waals surface area contributed by atoms with Gasteiger partial charge in [-0.25, -0.2) is 4.79 Å². The number of carbonyl (C=O) groups is 2. The van der Waals surface area contributed by atoms with E-state index in [9.17, 15) is 9.59 Å². The highest BCUT2D eigenvalue weighted by Gasteiger charge is 2.15. The fraction of sp³-hybridized carbons (Fsp3) is 0.529. The Bertz CT molecular complexity index is 539. The molecule has 126 valence electrons. The van der Waals surface area contributed by atoms with Crippen molar-refractivity contribution in [3.05, 3.63) is 29.8 Å². The molecule has 0 bridgehead atoms. The first-order valence-corrected chi connectivity index (χ1v) is 8.21. The van der Waals surface area contributed by atoms with Crippen LogP contribution in [-0.2, 0) is 0 Å². The van der Waals surface area contributed by atoms with Gasteiger partial charge in [0, 0.05) is 23.8 Å². The number of anilines is 1. The molecule has 1 aromatic carbocycles.